The van der Waals surface area contributed by atoms with Crippen molar-refractivity contribution >= 4 is 23.5 Å². The van der Waals surface area contributed by atoms with Gasteiger partial charge in [-0.05, 0) is 17.7 Å². The number of rotatable bonds is 2. The van der Waals surface area contributed by atoms with Crippen LogP contribution in [-0.4, -0.2) is 41.6 Å². The van der Waals surface area contributed by atoms with Crippen LogP contribution in [0, 0.1) is 0 Å². The molecule has 0 aliphatic carbocycles. The van der Waals surface area contributed by atoms with Crippen molar-refractivity contribution in [3.8, 4) is 0 Å². The number of hydrogen-bond donors (Lipinski definition) is 1. The van der Waals surface area contributed by atoms with Crippen LogP contribution >= 0.6 is 11.6 Å². The van der Waals surface area contributed by atoms with Gasteiger partial charge < -0.3 is 14.7 Å². The highest BCUT2D eigenvalue weighted by atomic mass is 35.5. The molecular weight excluding hydrogens is 258 g/mol. The minimum absolute atomic E-state index is 0.218. The van der Waals surface area contributed by atoms with E-state index in [0.29, 0.717) is 10.6 Å². The van der Waals surface area contributed by atoms with Gasteiger partial charge in [-0.25, -0.2) is 4.79 Å². The van der Waals surface area contributed by atoms with E-state index in [1.807, 2.05) is 0 Å². The quantitative estimate of drug-likeness (QED) is 0.879. The number of halogens is 1. The van der Waals surface area contributed by atoms with Crippen LogP contribution in [0.15, 0.2) is 24.3 Å². The second kappa shape index (κ2) is 4.96. The lowest BCUT2D eigenvalue weighted by molar-refractivity contribution is -0.171. The number of hydrogen-bond acceptors (Lipinski definition) is 3. The fraction of sp³-hybridized carbons (Fsp3) is 0.333. The van der Waals surface area contributed by atoms with Crippen molar-refractivity contribution < 1.29 is 19.4 Å². The van der Waals surface area contributed by atoms with Crippen molar-refractivity contribution in [1.29, 1.82) is 0 Å². The highest BCUT2D eigenvalue weighted by Gasteiger charge is 2.40. The first-order chi connectivity index (χ1) is 8.50. The molecule has 2 unspecified atom stereocenters. The molecule has 1 saturated heterocycles. The van der Waals surface area contributed by atoms with Crippen LogP contribution in [0.2, 0.25) is 5.02 Å². The van der Waals surface area contributed by atoms with E-state index in [2.05, 4.69) is 0 Å². The van der Waals surface area contributed by atoms with Gasteiger partial charge in [0, 0.05) is 12.1 Å². The average Bonchev–Trinajstić information content (AvgIpc) is 2.32. The SMILES string of the molecule is CN1C(=O)COC(C(=O)O)C1c1cccc(Cl)c1. The number of benzene rings is 1. The summed E-state index contributed by atoms with van der Waals surface area (Å²) in [6.07, 6.45) is -1.08. The summed E-state index contributed by atoms with van der Waals surface area (Å²) in [5, 5.41) is 9.64. The van der Waals surface area contributed by atoms with E-state index in [4.69, 9.17) is 21.4 Å². The van der Waals surface area contributed by atoms with E-state index in [1.54, 1.807) is 31.3 Å². The molecule has 1 N–H and O–H groups in total. The molecule has 2 rings (SSSR count). The number of carbonyl (C=O) groups is 2. The Balaban J connectivity index is 2.41. The molecule has 0 saturated carbocycles. The summed E-state index contributed by atoms with van der Waals surface area (Å²) in [4.78, 5) is 24.2. The standard InChI is InChI=1S/C12H12ClNO4/c1-14-9(15)6-18-11(12(16)17)10(14)7-3-2-4-8(13)5-7/h2-5,10-11H,6H2,1H3,(H,16,17). The van der Waals surface area contributed by atoms with Crippen LogP contribution in [0.5, 0.6) is 0 Å². The fourth-order valence-electron chi connectivity index (χ4n) is 2.01. The smallest absolute Gasteiger partial charge is 0.335 e. The molecule has 1 aromatic carbocycles. The maximum Gasteiger partial charge on any atom is 0.335 e. The van der Waals surface area contributed by atoms with Crippen molar-refractivity contribution in [2.24, 2.45) is 0 Å². The fourth-order valence-corrected chi connectivity index (χ4v) is 2.21. The lowest BCUT2D eigenvalue weighted by Crippen LogP contribution is -2.50. The molecule has 18 heavy (non-hydrogen) atoms. The van der Waals surface area contributed by atoms with Gasteiger partial charge >= 0.3 is 5.97 Å². The Morgan fingerprint density at radius 2 is 2.28 bits per heavy atom. The molecule has 0 aromatic heterocycles. The number of carbonyl (C=O) groups excluding carboxylic acids is 1. The number of carboxylic acid groups (broad SMARTS) is 1. The summed E-state index contributed by atoms with van der Waals surface area (Å²) in [5.74, 6) is -1.35. The molecule has 1 heterocycles. The number of aliphatic carboxylic acids is 1. The Bertz CT molecular complexity index is 491. The van der Waals surface area contributed by atoms with Gasteiger partial charge in [0.25, 0.3) is 0 Å². The van der Waals surface area contributed by atoms with Gasteiger partial charge in [0.05, 0.1) is 6.04 Å². The van der Waals surface area contributed by atoms with E-state index >= 15 is 0 Å². The third-order valence-electron chi connectivity index (χ3n) is 2.92. The predicted octanol–water partition coefficient (Wildman–Crippen LogP) is 1.32. The first kappa shape index (κ1) is 12.9. The molecule has 1 fully saturated rings. The van der Waals surface area contributed by atoms with Gasteiger partial charge in [-0.1, -0.05) is 23.7 Å². The van der Waals surface area contributed by atoms with E-state index in [0.717, 1.165) is 0 Å². The van der Waals surface area contributed by atoms with E-state index < -0.39 is 18.1 Å². The van der Waals surface area contributed by atoms with Crippen molar-refractivity contribution in [3.05, 3.63) is 34.9 Å². The maximum absolute atomic E-state index is 11.6. The van der Waals surface area contributed by atoms with Gasteiger partial charge in [0.1, 0.15) is 6.61 Å². The van der Waals surface area contributed by atoms with Gasteiger partial charge in [-0.15, -0.1) is 0 Å². The van der Waals surface area contributed by atoms with Crippen LogP contribution in [0.4, 0.5) is 0 Å². The number of likely N-dealkylation sites (N-methyl/N-ethyl adjacent to an activating group) is 1. The van der Waals surface area contributed by atoms with Crippen molar-refractivity contribution in [1.82, 2.24) is 4.90 Å². The summed E-state index contributed by atoms with van der Waals surface area (Å²) in [5.41, 5.74) is 0.644. The zero-order valence-corrected chi connectivity index (χ0v) is 10.4. The molecule has 1 amide bonds. The van der Waals surface area contributed by atoms with Crippen molar-refractivity contribution in [2.45, 2.75) is 12.1 Å². The van der Waals surface area contributed by atoms with Crippen LogP contribution in [0.1, 0.15) is 11.6 Å². The van der Waals surface area contributed by atoms with Crippen molar-refractivity contribution in [2.75, 3.05) is 13.7 Å². The van der Waals surface area contributed by atoms with Crippen LogP contribution < -0.4 is 0 Å². The highest BCUT2D eigenvalue weighted by Crippen LogP contribution is 2.30. The Hall–Kier alpha value is -1.59. The summed E-state index contributed by atoms with van der Waals surface area (Å²) in [6, 6.07) is 6.10. The Morgan fingerprint density at radius 1 is 1.56 bits per heavy atom. The minimum atomic E-state index is -1.10. The van der Waals surface area contributed by atoms with E-state index in [1.165, 1.54) is 4.90 Å². The molecule has 2 atom stereocenters. The van der Waals surface area contributed by atoms with Crippen LogP contribution in [0.25, 0.3) is 0 Å². The van der Waals surface area contributed by atoms with E-state index in [9.17, 15) is 9.59 Å². The lowest BCUT2D eigenvalue weighted by atomic mass is 9.98. The number of nitrogens with zero attached hydrogens (tertiary/aromatic N) is 1. The van der Waals surface area contributed by atoms with Gasteiger partial charge in [-0.3, -0.25) is 4.79 Å². The summed E-state index contributed by atoms with van der Waals surface area (Å²) < 4.78 is 5.10. The average molecular weight is 270 g/mol. The topological polar surface area (TPSA) is 66.8 Å². The van der Waals surface area contributed by atoms with Crippen molar-refractivity contribution in [3.63, 3.8) is 0 Å². The Labute approximate surface area is 109 Å². The summed E-state index contributed by atoms with van der Waals surface area (Å²) in [7, 11) is 1.56. The molecule has 0 spiro atoms. The Kier molecular flexibility index (Phi) is 3.54. The normalized spacial score (nSPS) is 24.1. The van der Waals surface area contributed by atoms with E-state index in [-0.39, 0.29) is 12.5 Å². The highest BCUT2D eigenvalue weighted by molar-refractivity contribution is 6.30. The monoisotopic (exact) mass is 269 g/mol. The Morgan fingerprint density at radius 3 is 2.89 bits per heavy atom. The third-order valence-corrected chi connectivity index (χ3v) is 3.15. The molecule has 1 aliphatic rings. The second-order valence-electron chi connectivity index (χ2n) is 4.07. The van der Waals surface area contributed by atoms with Gasteiger partial charge in [0.15, 0.2) is 6.10 Å². The number of carboxylic acids is 1. The van der Waals surface area contributed by atoms with Crippen LogP contribution in [-0.2, 0) is 14.3 Å². The molecule has 5 nitrogen and oxygen atoms in total. The summed E-state index contributed by atoms with van der Waals surface area (Å²) in [6.45, 7) is -0.218. The zero-order chi connectivity index (χ0) is 13.3. The second-order valence-corrected chi connectivity index (χ2v) is 4.51. The number of ether oxygens (including phenoxy) is 1. The predicted molar refractivity (Wildman–Crippen MR) is 64.3 cm³/mol. The molecular formula is C12H12ClNO4. The molecule has 1 aliphatic heterocycles. The molecule has 6 heteroatoms. The molecule has 96 valence electrons. The zero-order valence-electron chi connectivity index (χ0n) is 9.67. The molecule has 0 bridgehead atoms. The molecule has 1 aromatic rings. The lowest BCUT2D eigenvalue weighted by Gasteiger charge is -2.37. The third kappa shape index (κ3) is 2.32. The summed E-state index contributed by atoms with van der Waals surface area (Å²) >= 11 is 5.88. The van der Waals surface area contributed by atoms with Gasteiger partial charge in [0.2, 0.25) is 5.91 Å². The first-order valence-electron chi connectivity index (χ1n) is 5.36. The van der Waals surface area contributed by atoms with Gasteiger partial charge in [-0.2, -0.15) is 0 Å². The number of amides is 1. The largest absolute Gasteiger partial charge is 0.479 e. The van der Waals surface area contributed by atoms with Crippen LogP contribution in [0.3, 0.4) is 0 Å². The first-order valence-corrected chi connectivity index (χ1v) is 5.74. The minimum Gasteiger partial charge on any atom is -0.479 e. The maximum atomic E-state index is 11.6. The molecule has 0 radical (unpaired) electrons. The number of morpholine rings is 1.